The van der Waals surface area contributed by atoms with E-state index in [0.717, 1.165) is 27.6 Å². The molecular weight excluding hydrogens is 534 g/mol. The van der Waals surface area contributed by atoms with Crippen LogP contribution in [0.25, 0.3) is 10.8 Å². The number of halogens is 1. The van der Waals surface area contributed by atoms with Gasteiger partial charge in [0.1, 0.15) is 12.4 Å². The number of aromatic nitrogens is 3. The Morgan fingerprint density at radius 3 is 2.67 bits per heavy atom. The normalized spacial score (nSPS) is 11.1. The van der Waals surface area contributed by atoms with E-state index >= 15 is 0 Å². The lowest BCUT2D eigenvalue weighted by molar-refractivity contribution is -0.113. The van der Waals surface area contributed by atoms with Gasteiger partial charge in [-0.25, -0.2) is 10.1 Å². The van der Waals surface area contributed by atoms with Crippen molar-refractivity contribution in [1.29, 1.82) is 0 Å². The maximum absolute atomic E-state index is 12.6. The molecule has 11 heteroatoms. The molecule has 39 heavy (non-hydrogen) atoms. The van der Waals surface area contributed by atoms with Gasteiger partial charge in [-0.05, 0) is 29.7 Å². The number of para-hydroxylation sites is 1. The summed E-state index contributed by atoms with van der Waals surface area (Å²) >= 11 is 7.40. The van der Waals surface area contributed by atoms with Crippen molar-refractivity contribution in [2.75, 3.05) is 22.3 Å². The van der Waals surface area contributed by atoms with Crippen LogP contribution >= 0.6 is 23.4 Å². The molecule has 0 aliphatic heterocycles. The third-order valence-corrected chi connectivity index (χ3v) is 7.00. The zero-order chi connectivity index (χ0) is 27.0. The molecule has 0 saturated heterocycles. The molecule has 0 spiro atoms. The van der Waals surface area contributed by atoms with E-state index < -0.39 is 0 Å². The first kappa shape index (κ1) is 26.1. The fourth-order valence-corrected chi connectivity index (χ4v) is 4.60. The zero-order valence-electron chi connectivity index (χ0n) is 20.6. The first-order valence-corrected chi connectivity index (χ1v) is 13.3. The van der Waals surface area contributed by atoms with Gasteiger partial charge in [-0.3, -0.25) is 4.79 Å². The number of nitrogens with zero attached hydrogens (tertiary/aromatic N) is 4. The number of ether oxygens (including phenoxy) is 1. The minimum absolute atomic E-state index is 0.109. The topological polar surface area (TPSA) is 119 Å². The number of fused-ring (bicyclic) bond motifs is 1. The molecule has 1 amide bonds. The highest BCUT2D eigenvalue weighted by molar-refractivity contribution is 7.99. The molecule has 0 unspecified atom stereocenters. The number of benzene rings is 4. The molecule has 1 aromatic heterocycles. The predicted molar refractivity (Wildman–Crippen MR) is 157 cm³/mol. The molecule has 0 aliphatic rings. The van der Waals surface area contributed by atoms with Crippen LogP contribution < -0.4 is 21.3 Å². The van der Waals surface area contributed by atoms with Gasteiger partial charge in [0, 0.05) is 27.2 Å². The van der Waals surface area contributed by atoms with Crippen molar-refractivity contribution in [3.8, 4) is 5.75 Å². The van der Waals surface area contributed by atoms with Crippen LogP contribution in [-0.4, -0.2) is 32.7 Å². The van der Waals surface area contributed by atoms with Crippen LogP contribution in [-0.2, 0) is 11.4 Å². The SMILES string of the molecule is Nn1c(N/N=C/c2ccccc2OCc2ccccc2Cl)nnc1SCC(=O)Nc1cccc2ccccc12. The number of nitrogens with two attached hydrogens (primary N) is 1. The van der Waals surface area contributed by atoms with Crippen LogP contribution in [0.4, 0.5) is 11.6 Å². The van der Waals surface area contributed by atoms with E-state index in [1.807, 2.05) is 91.0 Å². The number of carbonyl (C=O) groups excluding carboxylic acids is 1. The number of thioether (sulfide) groups is 1. The number of hydrazone groups is 1. The lowest BCUT2D eigenvalue weighted by atomic mass is 10.1. The molecule has 0 radical (unpaired) electrons. The number of hydrogen-bond acceptors (Lipinski definition) is 8. The molecule has 0 atom stereocenters. The summed E-state index contributed by atoms with van der Waals surface area (Å²) in [5.41, 5.74) is 5.17. The van der Waals surface area contributed by atoms with Crippen molar-refractivity contribution in [1.82, 2.24) is 14.9 Å². The molecule has 196 valence electrons. The van der Waals surface area contributed by atoms with E-state index in [9.17, 15) is 4.79 Å². The van der Waals surface area contributed by atoms with Crippen LogP contribution in [0.1, 0.15) is 11.1 Å². The highest BCUT2D eigenvalue weighted by Gasteiger charge is 2.13. The first-order valence-electron chi connectivity index (χ1n) is 11.9. The van der Waals surface area contributed by atoms with Gasteiger partial charge in [-0.1, -0.05) is 90.1 Å². The maximum Gasteiger partial charge on any atom is 0.264 e. The van der Waals surface area contributed by atoms with Crippen molar-refractivity contribution in [2.24, 2.45) is 5.10 Å². The van der Waals surface area contributed by atoms with E-state index in [-0.39, 0.29) is 17.6 Å². The zero-order valence-corrected chi connectivity index (χ0v) is 22.2. The van der Waals surface area contributed by atoms with Crippen LogP contribution in [0.3, 0.4) is 0 Å². The number of amides is 1. The minimum Gasteiger partial charge on any atom is -0.488 e. The van der Waals surface area contributed by atoms with Crippen LogP contribution in [0.15, 0.2) is 101 Å². The molecule has 9 nitrogen and oxygen atoms in total. The Kier molecular flexibility index (Phi) is 8.25. The fourth-order valence-electron chi connectivity index (χ4n) is 3.75. The monoisotopic (exact) mass is 557 g/mol. The minimum atomic E-state index is -0.180. The van der Waals surface area contributed by atoms with Gasteiger partial charge in [0.15, 0.2) is 0 Å². The van der Waals surface area contributed by atoms with Crippen molar-refractivity contribution in [3.63, 3.8) is 0 Å². The molecule has 4 N–H and O–H groups in total. The van der Waals surface area contributed by atoms with Crippen molar-refractivity contribution in [3.05, 3.63) is 107 Å². The smallest absolute Gasteiger partial charge is 0.264 e. The van der Waals surface area contributed by atoms with Crippen molar-refractivity contribution in [2.45, 2.75) is 11.8 Å². The van der Waals surface area contributed by atoms with Gasteiger partial charge in [-0.2, -0.15) is 5.10 Å². The fraction of sp³-hybridized carbons (Fsp3) is 0.0714. The summed E-state index contributed by atoms with van der Waals surface area (Å²) in [6.45, 7) is 0.323. The van der Waals surface area contributed by atoms with Crippen molar-refractivity contribution < 1.29 is 9.53 Å². The van der Waals surface area contributed by atoms with Crippen LogP contribution in [0, 0.1) is 0 Å². The van der Waals surface area contributed by atoms with E-state index in [4.69, 9.17) is 22.2 Å². The van der Waals surface area contributed by atoms with Crippen molar-refractivity contribution >= 4 is 57.9 Å². The summed E-state index contributed by atoms with van der Waals surface area (Å²) in [5.74, 6) is 6.91. The Labute approximate surface area is 234 Å². The Morgan fingerprint density at radius 1 is 1.00 bits per heavy atom. The van der Waals surface area contributed by atoms with E-state index in [0.29, 0.717) is 22.5 Å². The Morgan fingerprint density at radius 2 is 1.77 bits per heavy atom. The van der Waals surface area contributed by atoms with E-state index in [1.54, 1.807) is 6.21 Å². The lowest BCUT2D eigenvalue weighted by Crippen LogP contribution is -2.17. The molecule has 0 fully saturated rings. The average Bonchev–Trinajstić information content (AvgIpc) is 3.31. The molecule has 5 rings (SSSR count). The molecular formula is C28H24ClN7O2S. The summed E-state index contributed by atoms with van der Waals surface area (Å²) in [6, 6.07) is 28.6. The third kappa shape index (κ3) is 6.49. The van der Waals surface area contributed by atoms with Gasteiger partial charge < -0.3 is 15.9 Å². The lowest BCUT2D eigenvalue weighted by Gasteiger charge is -2.10. The number of carbonyl (C=O) groups is 1. The second-order valence-corrected chi connectivity index (χ2v) is 9.68. The molecule has 4 aromatic carbocycles. The Bertz CT molecular complexity index is 1630. The van der Waals surface area contributed by atoms with E-state index in [2.05, 4.69) is 26.0 Å². The summed E-state index contributed by atoms with van der Waals surface area (Å²) in [6.07, 6.45) is 1.60. The number of hydrogen-bond donors (Lipinski definition) is 3. The van der Waals surface area contributed by atoms with Gasteiger partial charge in [0.25, 0.3) is 5.95 Å². The predicted octanol–water partition coefficient (Wildman–Crippen LogP) is 5.55. The third-order valence-electron chi connectivity index (χ3n) is 5.69. The Balaban J connectivity index is 1.17. The van der Waals surface area contributed by atoms with Gasteiger partial charge in [-0.15, -0.1) is 10.2 Å². The Hall–Kier alpha value is -4.54. The second kappa shape index (κ2) is 12.3. The number of anilines is 2. The average molecular weight is 558 g/mol. The van der Waals surface area contributed by atoms with Gasteiger partial charge in [0.2, 0.25) is 11.1 Å². The number of rotatable bonds is 10. The van der Waals surface area contributed by atoms with E-state index in [1.165, 1.54) is 16.4 Å². The molecule has 5 aromatic rings. The van der Waals surface area contributed by atoms with Gasteiger partial charge in [0.05, 0.1) is 12.0 Å². The summed E-state index contributed by atoms with van der Waals surface area (Å²) in [7, 11) is 0. The summed E-state index contributed by atoms with van der Waals surface area (Å²) < 4.78 is 7.20. The highest BCUT2D eigenvalue weighted by Crippen LogP contribution is 2.24. The maximum atomic E-state index is 12.6. The molecule has 0 aliphatic carbocycles. The van der Waals surface area contributed by atoms with Gasteiger partial charge >= 0.3 is 0 Å². The van der Waals surface area contributed by atoms with Crippen LogP contribution in [0.5, 0.6) is 5.75 Å². The second-order valence-electron chi connectivity index (χ2n) is 8.33. The quantitative estimate of drug-likeness (QED) is 0.0890. The summed E-state index contributed by atoms with van der Waals surface area (Å²) in [4.78, 5) is 12.6. The molecule has 0 bridgehead atoms. The highest BCUT2D eigenvalue weighted by atomic mass is 35.5. The summed E-state index contributed by atoms with van der Waals surface area (Å²) in [5, 5.41) is 18.3. The molecule has 0 saturated carbocycles. The number of nitrogens with one attached hydrogen (secondary N) is 2. The first-order chi connectivity index (χ1) is 19.1. The largest absolute Gasteiger partial charge is 0.488 e. The number of nitrogen functional groups attached to an aromatic ring is 1. The van der Waals surface area contributed by atoms with Crippen LogP contribution in [0.2, 0.25) is 5.02 Å². The molecule has 1 heterocycles. The standard InChI is InChI=1S/C28H24ClN7O2S/c29-23-13-5-2-10-21(23)17-38-25-15-6-3-9-20(25)16-31-33-27-34-35-28(36(27)30)39-18-26(37)32-24-14-7-11-19-8-1-4-12-22(19)24/h1-16H,17-18,30H2,(H,32,37)(H,33,34)/b31-16+.